The number of hydrogen-bond donors (Lipinski definition) is 2. The molecule has 5 heteroatoms. The van der Waals surface area contributed by atoms with Crippen LogP contribution in [0.25, 0.3) is 0 Å². The number of hydrogen-bond acceptors (Lipinski definition) is 4. The van der Waals surface area contributed by atoms with E-state index in [1.54, 1.807) is 0 Å². The van der Waals surface area contributed by atoms with Crippen LogP contribution < -0.4 is 0 Å². The van der Waals surface area contributed by atoms with Gasteiger partial charge in [0.05, 0.1) is 17.0 Å². The Bertz CT molecular complexity index is 398. The van der Waals surface area contributed by atoms with E-state index in [4.69, 9.17) is 0 Å². The summed E-state index contributed by atoms with van der Waals surface area (Å²) in [7, 11) is -3.04. The van der Waals surface area contributed by atoms with E-state index < -0.39 is 21.5 Å². The van der Waals surface area contributed by atoms with Gasteiger partial charge in [-0.1, -0.05) is 25.7 Å². The molecule has 19 heavy (non-hydrogen) atoms. The van der Waals surface area contributed by atoms with Crippen LogP contribution >= 0.6 is 0 Å². The molecular weight excluding hydrogens is 264 g/mol. The fourth-order valence-corrected chi connectivity index (χ4v) is 4.95. The van der Waals surface area contributed by atoms with Crippen molar-refractivity contribution in [3.8, 4) is 0 Å². The molecule has 0 saturated heterocycles. The molecule has 0 radical (unpaired) electrons. The highest BCUT2D eigenvalue weighted by Gasteiger charge is 2.43. The molecule has 4 nitrogen and oxygen atoms in total. The molecule has 2 aliphatic carbocycles. The lowest BCUT2D eigenvalue weighted by Gasteiger charge is -2.42. The summed E-state index contributed by atoms with van der Waals surface area (Å²) in [4.78, 5) is 0. The Kier molecular flexibility index (Phi) is 4.58. The smallest absolute Gasteiger partial charge is 0.150 e. The molecule has 2 aliphatic rings. The van der Waals surface area contributed by atoms with E-state index in [-0.39, 0.29) is 11.2 Å². The van der Waals surface area contributed by atoms with Gasteiger partial charge in [0.1, 0.15) is 9.84 Å². The van der Waals surface area contributed by atoms with Gasteiger partial charge in [-0.15, -0.1) is 0 Å². The molecule has 2 saturated carbocycles. The molecule has 3 atom stereocenters. The summed E-state index contributed by atoms with van der Waals surface area (Å²) in [5.41, 5.74) is -0.984. The first-order chi connectivity index (χ1) is 8.83. The van der Waals surface area contributed by atoms with E-state index in [0.29, 0.717) is 25.7 Å². The Labute approximate surface area is 116 Å². The summed E-state index contributed by atoms with van der Waals surface area (Å²) >= 11 is 0. The van der Waals surface area contributed by atoms with Crippen molar-refractivity contribution in [1.29, 1.82) is 0 Å². The van der Waals surface area contributed by atoms with Crippen molar-refractivity contribution < 1.29 is 18.6 Å². The average molecular weight is 290 g/mol. The van der Waals surface area contributed by atoms with Crippen molar-refractivity contribution >= 4 is 9.84 Å². The van der Waals surface area contributed by atoms with E-state index in [1.807, 2.05) is 0 Å². The zero-order valence-corrected chi connectivity index (χ0v) is 12.5. The lowest BCUT2D eigenvalue weighted by molar-refractivity contribution is -0.124. The van der Waals surface area contributed by atoms with E-state index in [9.17, 15) is 18.6 Å². The van der Waals surface area contributed by atoms with Gasteiger partial charge in [-0.2, -0.15) is 0 Å². The highest BCUT2D eigenvalue weighted by Crippen LogP contribution is 2.39. The molecule has 112 valence electrons. The first kappa shape index (κ1) is 15.3. The Hall–Kier alpha value is -0.130. The summed E-state index contributed by atoms with van der Waals surface area (Å²) in [5.74, 6) is -0.0726. The molecule has 3 unspecified atom stereocenters. The zero-order valence-electron chi connectivity index (χ0n) is 11.7. The zero-order chi connectivity index (χ0) is 14.1. The largest absolute Gasteiger partial charge is 0.390 e. The summed E-state index contributed by atoms with van der Waals surface area (Å²) in [5, 5.41) is 20.7. The second-order valence-corrected chi connectivity index (χ2v) is 8.81. The van der Waals surface area contributed by atoms with Crippen LogP contribution in [0.15, 0.2) is 0 Å². The number of rotatable bonds is 3. The van der Waals surface area contributed by atoms with Gasteiger partial charge in [-0.3, -0.25) is 0 Å². The van der Waals surface area contributed by atoms with E-state index in [1.165, 1.54) is 6.26 Å². The fourth-order valence-electron chi connectivity index (χ4n) is 3.76. The van der Waals surface area contributed by atoms with Crippen molar-refractivity contribution in [2.75, 3.05) is 6.26 Å². The Morgan fingerprint density at radius 2 is 1.74 bits per heavy atom. The van der Waals surface area contributed by atoms with Gasteiger partial charge >= 0.3 is 0 Å². The highest BCUT2D eigenvalue weighted by atomic mass is 32.2. The summed E-state index contributed by atoms with van der Waals surface area (Å²) in [6, 6.07) is 0. The maximum atomic E-state index is 11.7. The lowest BCUT2D eigenvalue weighted by Crippen LogP contribution is -2.49. The van der Waals surface area contributed by atoms with Gasteiger partial charge in [-0.05, 0) is 38.0 Å². The Balaban J connectivity index is 2.04. The topological polar surface area (TPSA) is 74.6 Å². The van der Waals surface area contributed by atoms with Gasteiger partial charge < -0.3 is 10.2 Å². The van der Waals surface area contributed by atoms with Gasteiger partial charge in [0.15, 0.2) is 0 Å². The normalized spacial score (nSPS) is 33.8. The minimum atomic E-state index is -3.04. The molecule has 2 rings (SSSR count). The van der Waals surface area contributed by atoms with Crippen LogP contribution in [-0.2, 0) is 9.84 Å². The van der Waals surface area contributed by atoms with Crippen LogP contribution in [0, 0.1) is 5.92 Å². The van der Waals surface area contributed by atoms with Gasteiger partial charge in [0.25, 0.3) is 0 Å². The van der Waals surface area contributed by atoms with Gasteiger partial charge in [0.2, 0.25) is 0 Å². The first-order valence-electron chi connectivity index (χ1n) is 7.42. The molecule has 2 fully saturated rings. The number of aliphatic hydroxyl groups is 2. The predicted molar refractivity (Wildman–Crippen MR) is 74.6 cm³/mol. The first-order valence-corrected chi connectivity index (χ1v) is 9.38. The third-order valence-corrected chi connectivity index (χ3v) is 6.63. The molecule has 0 aromatic heterocycles. The van der Waals surface area contributed by atoms with Crippen molar-refractivity contribution in [1.82, 2.24) is 0 Å². The minimum Gasteiger partial charge on any atom is -0.390 e. The van der Waals surface area contributed by atoms with Crippen LogP contribution in [-0.4, -0.2) is 41.8 Å². The fraction of sp³-hybridized carbons (Fsp3) is 1.00. The molecule has 0 aromatic carbocycles. The van der Waals surface area contributed by atoms with Crippen molar-refractivity contribution in [2.24, 2.45) is 5.92 Å². The third-order valence-electron chi connectivity index (χ3n) is 4.99. The SMILES string of the molecule is CS(=O)(=O)C1CCCC(C(O)C2(O)CCCCC2)C1. The maximum Gasteiger partial charge on any atom is 0.150 e. The standard InChI is InChI=1S/C14H26O4S/c1-19(17,18)12-7-5-6-11(10-12)13(15)14(16)8-3-2-4-9-14/h11-13,15-16H,2-10H2,1H3. The van der Waals surface area contributed by atoms with E-state index in [0.717, 1.165) is 32.1 Å². The molecule has 0 amide bonds. The third kappa shape index (κ3) is 3.50. The lowest BCUT2D eigenvalue weighted by atomic mass is 9.72. The van der Waals surface area contributed by atoms with Crippen LogP contribution in [0.5, 0.6) is 0 Å². The van der Waals surface area contributed by atoms with Crippen LogP contribution in [0.2, 0.25) is 0 Å². The summed E-state index contributed by atoms with van der Waals surface area (Å²) in [6.45, 7) is 0. The van der Waals surface area contributed by atoms with Gasteiger partial charge in [-0.25, -0.2) is 8.42 Å². The highest BCUT2D eigenvalue weighted by molar-refractivity contribution is 7.91. The van der Waals surface area contributed by atoms with Crippen LogP contribution in [0.3, 0.4) is 0 Å². The predicted octanol–water partition coefficient (Wildman–Crippen LogP) is 1.65. The van der Waals surface area contributed by atoms with Crippen molar-refractivity contribution in [3.63, 3.8) is 0 Å². The second kappa shape index (κ2) is 5.70. The molecule has 0 aromatic rings. The summed E-state index contributed by atoms with van der Waals surface area (Å²) < 4.78 is 23.3. The summed E-state index contributed by atoms with van der Waals surface area (Å²) in [6.07, 6.45) is 7.69. The molecular formula is C14H26O4S. The monoisotopic (exact) mass is 290 g/mol. The van der Waals surface area contributed by atoms with Crippen LogP contribution in [0.4, 0.5) is 0 Å². The Morgan fingerprint density at radius 3 is 2.32 bits per heavy atom. The van der Waals surface area contributed by atoms with Gasteiger partial charge in [0, 0.05) is 6.26 Å². The number of aliphatic hydroxyl groups excluding tert-OH is 1. The molecule has 0 spiro atoms. The number of sulfone groups is 1. The quantitative estimate of drug-likeness (QED) is 0.828. The van der Waals surface area contributed by atoms with E-state index >= 15 is 0 Å². The van der Waals surface area contributed by atoms with Crippen LogP contribution in [0.1, 0.15) is 57.8 Å². The Morgan fingerprint density at radius 1 is 1.11 bits per heavy atom. The average Bonchev–Trinajstić information content (AvgIpc) is 2.38. The van der Waals surface area contributed by atoms with Crippen molar-refractivity contribution in [3.05, 3.63) is 0 Å². The maximum absolute atomic E-state index is 11.7. The molecule has 0 heterocycles. The minimum absolute atomic E-state index is 0.0726. The van der Waals surface area contributed by atoms with E-state index in [2.05, 4.69) is 0 Å². The molecule has 0 bridgehead atoms. The molecule has 0 aliphatic heterocycles. The molecule has 2 N–H and O–H groups in total. The second-order valence-electron chi connectivity index (χ2n) is 6.49. The van der Waals surface area contributed by atoms with Crippen molar-refractivity contribution in [2.45, 2.75) is 74.7 Å².